The molecule has 2 aromatic rings. The van der Waals surface area contributed by atoms with Crippen molar-refractivity contribution in [2.24, 2.45) is 0 Å². The number of rotatable bonds is 7. The van der Waals surface area contributed by atoms with Crippen LogP contribution >= 0.6 is 0 Å². The molecule has 0 saturated heterocycles. The van der Waals surface area contributed by atoms with E-state index in [-0.39, 0.29) is 5.91 Å². The predicted octanol–water partition coefficient (Wildman–Crippen LogP) is 3.08. The van der Waals surface area contributed by atoms with Gasteiger partial charge in [0.25, 0.3) is 0 Å². The van der Waals surface area contributed by atoms with Gasteiger partial charge in [0.2, 0.25) is 5.91 Å². The van der Waals surface area contributed by atoms with E-state index in [0.717, 1.165) is 5.56 Å². The predicted molar refractivity (Wildman–Crippen MR) is 92.2 cm³/mol. The van der Waals surface area contributed by atoms with Crippen LogP contribution in [0.2, 0.25) is 0 Å². The Morgan fingerprint density at radius 1 is 0.955 bits per heavy atom. The standard InChI is InChI=1S/C19H22N2O/c1-2-21-19(22)15-20-14-18-12-10-17(11-13-18)9-8-16-6-4-3-5-7-16/h3-13,20H,2,14-15H2,1H3,(H,21,22). The van der Waals surface area contributed by atoms with Crippen molar-refractivity contribution in [2.45, 2.75) is 13.5 Å². The van der Waals surface area contributed by atoms with Crippen LogP contribution in [0, 0.1) is 0 Å². The highest BCUT2D eigenvalue weighted by Crippen LogP contribution is 2.09. The van der Waals surface area contributed by atoms with E-state index in [4.69, 9.17) is 0 Å². The second-order valence-electron chi connectivity index (χ2n) is 5.04. The van der Waals surface area contributed by atoms with Crippen molar-refractivity contribution in [3.8, 4) is 0 Å². The van der Waals surface area contributed by atoms with Crippen molar-refractivity contribution >= 4 is 18.1 Å². The molecule has 0 radical (unpaired) electrons. The molecule has 2 rings (SSSR count). The topological polar surface area (TPSA) is 41.1 Å². The summed E-state index contributed by atoms with van der Waals surface area (Å²) in [5, 5.41) is 5.90. The van der Waals surface area contributed by atoms with E-state index in [2.05, 4.69) is 59.2 Å². The zero-order valence-electron chi connectivity index (χ0n) is 12.9. The highest BCUT2D eigenvalue weighted by atomic mass is 16.1. The molecule has 22 heavy (non-hydrogen) atoms. The fourth-order valence-electron chi connectivity index (χ4n) is 2.08. The van der Waals surface area contributed by atoms with Gasteiger partial charge in [-0.05, 0) is 23.6 Å². The Kier molecular flexibility index (Phi) is 6.39. The van der Waals surface area contributed by atoms with Crippen LogP contribution in [0.5, 0.6) is 0 Å². The summed E-state index contributed by atoms with van der Waals surface area (Å²) >= 11 is 0. The lowest BCUT2D eigenvalue weighted by atomic mass is 10.1. The molecular formula is C19H22N2O. The number of carbonyl (C=O) groups is 1. The summed E-state index contributed by atoms with van der Waals surface area (Å²) in [5.74, 6) is 0.0323. The van der Waals surface area contributed by atoms with Crippen molar-refractivity contribution in [3.63, 3.8) is 0 Å². The lowest BCUT2D eigenvalue weighted by molar-refractivity contribution is -0.120. The molecule has 0 aliphatic rings. The molecule has 0 spiro atoms. The summed E-state index contributed by atoms with van der Waals surface area (Å²) in [6, 6.07) is 18.6. The summed E-state index contributed by atoms with van der Waals surface area (Å²) in [5.41, 5.74) is 3.52. The second kappa shape index (κ2) is 8.80. The molecule has 1 amide bonds. The molecule has 114 valence electrons. The average molecular weight is 294 g/mol. The van der Waals surface area contributed by atoms with Crippen molar-refractivity contribution in [1.82, 2.24) is 10.6 Å². The molecule has 2 aromatic carbocycles. The summed E-state index contributed by atoms with van der Waals surface area (Å²) in [4.78, 5) is 11.3. The number of nitrogens with one attached hydrogen (secondary N) is 2. The maximum Gasteiger partial charge on any atom is 0.233 e. The van der Waals surface area contributed by atoms with Crippen LogP contribution in [0.4, 0.5) is 0 Å². The Hall–Kier alpha value is -2.39. The summed E-state index contributed by atoms with van der Waals surface area (Å²) in [7, 11) is 0. The first-order chi connectivity index (χ1) is 10.8. The van der Waals surface area contributed by atoms with Crippen LogP contribution in [0.1, 0.15) is 23.6 Å². The molecule has 0 aliphatic heterocycles. The number of hydrogen-bond acceptors (Lipinski definition) is 2. The molecule has 0 atom stereocenters. The van der Waals surface area contributed by atoms with E-state index in [1.54, 1.807) is 0 Å². The van der Waals surface area contributed by atoms with E-state index in [9.17, 15) is 4.79 Å². The maximum absolute atomic E-state index is 11.3. The van der Waals surface area contributed by atoms with Gasteiger partial charge >= 0.3 is 0 Å². The normalized spacial score (nSPS) is 10.8. The molecule has 0 unspecified atom stereocenters. The molecule has 0 aliphatic carbocycles. The molecule has 3 heteroatoms. The van der Waals surface area contributed by atoms with Crippen LogP contribution < -0.4 is 10.6 Å². The van der Waals surface area contributed by atoms with Crippen LogP contribution in [0.25, 0.3) is 12.2 Å². The number of amides is 1. The number of benzene rings is 2. The van der Waals surface area contributed by atoms with Crippen LogP contribution in [-0.2, 0) is 11.3 Å². The van der Waals surface area contributed by atoms with E-state index in [1.165, 1.54) is 11.1 Å². The Morgan fingerprint density at radius 3 is 2.23 bits per heavy atom. The molecule has 0 aromatic heterocycles. The zero-order valence-corrected chi connectivity index (χ0v) is 12.9. The van der Waals surface area contributed by atoms with Gasteiger partial charge in [-0.25, -0.2) is 0 Å². The number of likely N-dealkylation sites (N-methyl/N-ethyl adjacent to an activating group) is 1. The Balaban J connectivity index is 1.83. The lowest BCUT2D eigenvalue weighted by Crippen LogP contribution is -2.33. The van der Waals surface area contributed by atoms with E-state index < -0.39 is 0 Å². The third-order valence-corrected chi connectivity index (χ3v) is 3.24. The van der Waals surface area contributed by atoms with Crippen LogP contribution in [-0.4, -0.2) is 19.0 Å². The van der Waals surface area contributed by atoms with Crippen molar-refractivity contribution in [3.05, 3.63) is 71.3 Å². The molecule has 0 saturated carbocycles. The van der Waals surface area contributed by atoms with Gasteiger partial charge in [0.05, 0.1) is 6.54 Å². The third kappa shape index (κ3) is 5.54. The minimum Gasteiger partial charge on any atom is -0.355 e. The molecule has 0 bridgehead atoms. The minimum absolute atomic E-state index is 0.0323. The molecule has 3 nitrogen and oxygen atoms in total. The van der Waals surface area contributed by atoms with Crippen LogP contribution in [0.15, 0.2) is 54.6 Å². The monoisotopic (exact) mass is 294 g/mol. The van der Waals surface area contributed by atoms with Gasteiger partial charge in [0.15, 0.2) is 0 Å². The van der Waals surface area contributed by atoms with Gasteiger partial charge in [0, 0.05) is 13.1 Å². The fourth-order valence-corrected chi connectivity index (χ4v) is 2.08. The van der Waals surface area contributed by atoms with Gasteiger partial charge in [-0.2, -0.15) is 0 Å². The molecule has 2 N–H and O–H groups in total. The van der Waals surface area contributed by atoms with Crippen molar-refractivity contribution in [2.75, 3.05) is 13.1 Å². The summed E-state index contributed by atoms with van der Waals surface area (Å²) in [6.07, 6.45) is 4.20. The van der Waals surface area contributed by atoms with Gasteiger partial charge in [-0.3, -0.25) is 4.79 Å². The van der Waals surface area contributed by atoms with Gasteiger partial charge in [-0.1, -0.05) is 66.7 Å². The largest absolute Gasteiger partial charge is 0.355 e. The molecule has 0 heterocycles. The maximum atomic E-state index is 11.3. The number of carbonyl (C=O) groups excluding carboxylic acids is 1. The average Bonchev–Trinajstić information content (AvgIpc) is 2.55. The van der Waals surface area contributed by atoms with Crippen molar-refractivity contribution < 1.29 is 4.79 Å². The van der Waals surface area contributed by atoms with Gasteiger partial charge in [-0.15, -0.1) is 0 Å². The lowest BCUT2D eigenvalue weighted by Gasteiger charge is -2.05. The van der Waals surface area contributed by atoms with E-state index >= 15 is 0 Å². The highest BCUT2D eigenvalue weighted by Gasteiger charge is 1.98. The fraction of sp³-hybridized carbons (Fsp3) is 0.211. The first kappa shape index (κ1) is 16.0. The number of hydrogen-bond donors (Lipinski definition) is 2. The van der Waals surface area contributed by atoms with Crippen LogP contribution in [0.3, 0.4) is 0 Å². The Labute approximate surface area is 132 Å². The first-order valence-electron chi connectivity index (χ1n) is 7.57. The summed E-state index contributed by atoms with van der Waals surface area (Å²) in [6.45, 7) is 3.63. The van der Waals surface area contributed by atoms with E-state index in [1.807, 2.05) is 25.1 Å². The first-order valence-corrected chi connectivity index (χ1v) is 7.57. The third-order valence-electron chi connectivity index (χ3n) is 3.24. The zero-order chi connectivity index (χ0) is 15.6. The quantitative estimate of drug-likeness (QED) is 0.771. The second-order valence-corrected chi connectivity index (χ2v) is 5.04. The van der Waals surface area contributed by atoms with Gasteiger partial charge < -0.3 is 10.6 Å². The van der Waals surface area contributed by atoms with E-state index in [0.29, 0.717) is 19.6 Å². The summed E-state index contributed by atoms with van der Waals surface area (Å²) < 4.78 is 0. The smallest absolute Gasteiger partial charge is 0.233 e. The Morgan fingerprint density at radius 2 is 1.59 bits per heavy atom. The SMILES string of the molecule is CCNC(=O)CNCc1ccc(C=Cc2ccccc2)cc1. The van der Waals surface area contributed by atoms with Crippen molar-refractivity contribution in [1.29, 1.82) is 0 Å². The van der Waals surface area contributed by atoms with Gasteiger partial charge in [0.1, 0.15) is 0 Å². The minimum atomic E-state index is 0.0323. The highest BCUT2D eigenvalue weighted by molar-refractivity contribution is 5.77. The molecule has 0 fully saturated rings. The molecular weight excluding hydrogens is 272 g/mol. The Bertz CT molecular complexity index is 603.